The fraction of sp³-hybridized carbons (Fsp3) is 0.226. The number of hydrogen-bond acceptors (Lipinski definition) is 2. The van der Waals surface area contributed by atoms with Crippen molar-refractivity contribution >= 4 is 0 Å². The molecule has 0 aromatic heterocycles. The van der Waals surface area contributed by atoms with Gasteiger partial charge in [-0.25, -0.2) is 0 Å². The van der Waals surface area contributed by atoms with Crippen molar-refractivity contribution in [1.29, 1.82) is 0 Å². The summed E-state index contributed by atoms with van der Waals surface area (Å²) in [6, 6.07) is 32.3. The molecule has 1 aliphatic rings. The van der Waals surface area contributed by atoms with Crippen LogP contribution in [0, 0.1) is 0 Å². The molecule has 1 fully saturated rings. The molecule has 4 aromatic rings. The number of rotatable bonds is 4. The van der Waals surface area contributed by atoms with Crippen molar-refractivity contribution in [3.63, 3.8) is 0 Å². The Morgan fingerprint density at radius 2 is 1.12 bits per heavy atom. The molecule has 0 spiro atoms. The van der Waals surface area contributed by atoms with E-state index in [1.165, 1.54) is 36.0 Å². The standard InChI is InChI=1S/C16H16O.C15H16O/c17-16-10-9-14(12-5-2-1-3-6-12)11-15(16)13-7-4-8-13;1-11(2)14-10-13(8-9-15(14)16)12-6-4-3-5-7-12/h1-3,5-6,9-11,13,17H,4,7-8H2;3-11,16H,1-2H3. The molecule has 0 atom stereocenters. The zero-order chi connectivity index (χ0) is 23.2. The predicted octanol–water partition coefficient (Wildman–Crippen LogP) is 8.51. The molecule has 2 nitrogen and oxygen atoms in total. The lowest BCUT2D eigenvalue weighted by molar-refractivity contribution is 0.393. The van der Waals surface area contributed by atoms with E-state index in [9.17, 15) is 10.2 Å². The fourth-order valence-electron chi connectivity index (χ4n) is 4.24. The summed E-state index contributed by atoms with van der Waals surface area (Å²) in [5.41, 5.74) is 6.88. The normalized spacial score (nSPS) is 13.2. The molecule has 4 aromatic carbocycles. The summed E-state index contributed by atoms with van der Waals surface area (Å²) >= 11 is 0. The Labute approximate surface area is 197 Å². The third-order valence-corrected chi connectivity index (χ3v) is 6.44. The fourth-order valence-corrected chi connectivity index (χ4v) is 4.24. The molecular weight excluding hydrogens is 404 g/mol. The molecule has 2 heteroatoms. The summed E-state index contributed by atoms with van der Waals surface area (Å²) in [5, 5.41) is 19.7. The van der Waals surface area contributed by atoms with Crippen LogP contribution in [0.2, 0.25) is 0 Å². The van der Waals surface area contributed by atoms with Gasteiger partial charge in [0.1, 0.15) is 11.5 Å². The molecule has 5 rings (SSSR count). The van der Waals surface area contributed by atoms with E-state index in [1.54, 1.807) is 6.07 Å². The average molecular weight is 437 g/mol. The number of benzene rings is 4. The Morgan fingerprint density at radius 1 is 0.606 bits per heavy atom. The summed E-state index contributed by atoms with van der Waals surface area (Å²) in [5.74, 6) is 1.74. The minimum absolute atomic E-state index is 0.337. The van der Waals surface area contributed by atoms with Gasteiger partial charge in [-0.1, -0.05) is 93.1 Å². The van der Waals surface area contributed by atoms with Crippen molar-refractivity contribution < 1.29 is 10.2 Å². The van der Waals surface area contributed by atoms with Gasteiger partial charge >= 0.3 is 0 Å². The van der Waals surface area contributed by atoms with Crippen LogP contribution in [-0.2, 0) is 0 Å². The Hall–Kier alpha value is -3.52. The number of phenolic OH excluding ortho intramolecular Hbond substituents is 2. The molecule has 1 aliphatic carbocycles. The summed E-state index contributed by atoms with van der Waals surface area (Å²) in [6.07, 6.45) is 3.72. The van der Waals surface area contributed by atoms with Gasteiger partial charge in [-0.05, 0) is 82.3 Å². The molecule has 0 aliphatic heterocycles. The van der Waals surface area contributed by atoms with E-state index in [-0.39, 0.29) is 0 Å². The molecule has 168 valence electrons. The van der Waals surface area contributed by atoms with Gasteiger partial charge in [0, 0.05) is 0 Å². The predicted molar refractivity (Wildman–Crippen MR) is 138 cm³/mol. The SMILES string of the molecule is CC(C)c1cc(-c2ccccc2)ccc1O.Oc1ccc(-c2ccccc2)cc1C1CCC1. The molecule has 1 saturated carbocycles. The van der Waals surface area contributed by atoms with E-state index in [4.69, 9.17) is 0 Å². The quantitative estimate of drug-likeness (QED) is 0.336. The van der Waals surface area contributed by atoms with Crippen molar-refractivity contribution in [2.24, 2.45) is 0 Å². The zero-order valence-corrected chi connectivity index (χ0v) is 19.4. The number of aromatic hydroxyl groups is 2. The lowest BCUT2D eigenvalue weighted by atomic mass is 9.79. The van der Waals surface area contributed by atoms with Crippen LogP contribution >= 0.6 is 0 Å². The van der Waals surface area contributed by atoms with Crippen molar-refractivity contribution in [3.8, 4) is 33.8 Å². The van der Waals surface area contributed by atoms with Gasteiger partial charge in [-0.15, -0.1) is 0 Å². The Bertz CT molecular complexity index is 1180. The highest BCUT2D eigenvalue weighted by Crippen LogP contribution is 2.41. The molecule has 0 unspecified atom stereocenters. The van der Waals surface area contributed by atoms with Crippen LogP contribution in [0.5, 0.6) is 11.5 Å². The molecule has 33 heavy (non-hydrogen) atoms. The van der Waals surface area contributed by atoms with E-state index < -0.39 is 0 Å². The highest BCUT2D eigenvalue weighted by atomic mass is 16.3. The van der Waals surface area contributed by atoms with E-state index in [2.05, 4.69) is 50.2 Å². The number of hydrogen-bond donors (Lipinski definition) is 2. The summed E-state index contributed by atoms with van der Waals surface area (Å²) < 4.78 is 0. The first-order valence-electron chi connectivity index (χ1n) is 11.8. The first-order valence-corrected chi connectivity index (χ1v) is 11.8. The van der Waals surface area contributed by atoms with Crippen LogP contribution < -0.4 is 0 Å². The molecule has 0 heterocycles. The minimum Gasteiger partial charge on any atom is -0.508 e. The molecule has 0 radical (unpaired) electrons. The van der Waals surface area contributed by atoms with Crippen LogP contribution in [0.1, 0.15) is 56.1 Å². The second kappa shape index (κ2) is 10.4. The van der Waals surface area contributed by atoms with Crippen LogP contribution in [0.3, 0.4) is 0 Å². The lowest BCUT2D eigenvalue weighted by Gasteiger charge is -2.26. The van der Waals surface area contributed by atoms with Gasteiger partial charge in [0.15, 0.2) is 0 Å². The number of phenols is 2. The zero-order valence-electron chi connectivity index (χ0n) is 19.4. The van der Waals surface area contributed by atoms with Crippen molar-refractivity contribution in [3.05, 3.63) is 108 Å². The first kappa shape index (κ1) is 22.7. The third kappa shape index (κ3) is 5.46. The van der Waals surface area contributed by atoms with Crippen molar-refractivity contribution in [2.45, 2.75) is 44.9 Å². The van der Waals surface area contributed by atoms with Gasteiger partial charge in [0.25, 0.3) is 0 Å². The smallest absolute Gasteiger partial charge is 0.119 e. The Balaban J connectivity index is 0.000000157. The molecule has 2 N–H and O–H groups in total. The van der Waals surface area contributed by atoms with Crippen LogP contribution in [0.15, 0.2) is 97.1 Å². The monoisotopic (exact) mass is 436 g/mol. The van der Waals surface area contributed by atoms with Gasteiger partial charge in [0.05, 0.1) is 0 Å². The maximum Gasteiger partial charge on any atom is 0.119 e. The molecular formula is C31H32O2. The Morgan fingerprint density at radius 3 is 1.61 bits per heavy atom. The van der Waals surface area contributed by atoms with E-state index in [0.29, 0.717) is 23.3 Å². The van der Waals surface area contributed by atoms with Crippen LogP contribution in [-0.4, -0.2) is 10.2 Å². The van der Waals surface area contributed by atoms with Gasteiger partial charge < -0.3 is 10.2 Å². The molecule has 0 saturated heterocycles. The highest BCUT2D eigenvalue weighted by molar-refractivity contribution is 5.66. The van der Waals surface area contributed by atoms with Crippen molar-refractivity contribution in [1.82, 2.24) is 0 Å². The minimum atomic E-state index is 0.337. The molecule has 0 amide bonds. The van der Waals surface area contributed by atoms with E-state index in [1.807, 2.05) is 54.6 Å². The topological polar surface area (TPSA) is 40.5 Å². The van der Waals surface area contributed by atoms with Gasteiger partial charge in [-0.2, -0.15) is 0 Å². The summed E-state index contributed by atoms with van der Waals surface area (Å²) in [7, 11) is 0. The maximum atomic E-state index is 9.92. The van der Waals surface area contributed by atoms with E-state index in [0.717, 1.165) is 16.7 Å². The second-order valence-corrected chi connectivity index (χ2v) is 9.06. The lowest BCUT2D eigenvalue weighted by Crippen LogP contribution is -2.08. The Kier molecular flexibility index (Phi) is 7.14. The maximum absolute atomic E-state index is 9.92. The average Bonchev–Trinajstić information content (AvgIpc) is 2.81. The first-order chi connectivity index (χ1) is 16.0. The van der Waals surface area contributed by atoms with E-state index >= 15 is 0 Å². The molecule has 0 bridgehead atoms. The van der Waals surface area contributed by atoms with Gasteiger partial charge in [0.2, 0.25) is 0 Å². The third-order valence-electron chi connectivity index (χ3n) is 6.44. The second-order valence-electron chi connectivity index (χ2n) is 9.06. The highest BCUT2D eigenvalue weighted by Gasteiger charge is 2.22. The van der Waals surface area contributed by atoms with Gasteiger partial charge in [-0.3, -0.25) is 0 Å². The summed E-state index contributed by atoms with van der Waals surface area (Å²) in [6.45, 7) is 4.17. The van der Waals surface area contributed by atoms with Crippen molar-refractivity contribution in [2.75, 3.05) is 0 Å². The van der Waals surface area contributed by atoms with Crippen LogP contribution in [0.25, 0.3) is 22.3 Å². The summed E-state index contributed by atoms with van der Waals surface area (Å²) in [4.78, 5) is 0. The van der Waals surface area contributed by atoms with Crippen LogP contribution in [0.4, 0.5) is 0 Å². The largest absolute Gasteiger partial charge is 0.508 e.